The van der Waals surface area contributed by atoms with E-state index in [0.717, 1.165) is 27.8 Å². The maximum atomic E-state index is 12.7. The molecule has 0 aromatic heterocycles. The maximum Gasteiger partial charge on any atom is 0.216 e. The Kier molecular flexibility index (Phi) is 4.72. The first-order valence-corrected chi connectivity index (χ1v) is 8.75. The lowest BCUT2D eigenvalue weighted by atomic mass is 10.0. The molecule has 118 valence electrons. The van der Waals surface area contributed by atoms with Gasteiger partial charge in [0, 0.05) is 0 Å². The largest absolute Gasteiger partial charge is 0.218 e. The summed E-state index contributed by atoms with van der Waals surface area (Å²) in [6, 6.07) is 12.3. The molecule has 0 N–H and O–H groups in total. The van der Waals surface area contributed by atoms with E-state index in [-0.39, 0.29) is 9.80 Å². The fourth-order valence-electron chi connectivity index (χ4n) is 2.29. The van der Waals surface area contributed by atoms with Gasteiger partial charge in [-0.15, -0.1) is 0 Å². The third kappa shape index (κ3) is 3.52. The van der Waals surface area contributed by atoms with Crippen molar-refractivity contribution < 1.29 is 8.42 Å². The zero-order valence-corrected chi connectivity index (χ0v) is 14.5. The van der Waals surface area contributed by atoms with E-state index in [1.54, 1.807) is 12.1 Å². The Labute approximate surface area is 137 Å². The second-order valence-electron chi connectivity index (χ2n) is 5.73. The van der Waals surface area contributed by atoms with Gasteiger partial charge in [-0.3, -0.25) is 0 Å². The van der Waals surface area contributed by atoms with E-state index >= 15 is 0 Å². The molecule has 0 saturated heterocycles. The second kappa shape index (κ2) is 6.39. The highest BCUT2D eigenvalue weighted by Gasteiger charge is 2.21. The molecule has 2 aromatic carbocycles. The average molecular weight is 325 g/mol. The van der Waals surface area contributed by atoms with Crippen molar-refractivity contribution in [1.82, 2.24) is 0 Å². The fourth-order valence-corrected chi connectivity index (χ4v) is 3.44. The smallest absolute Gasteiger partial charge is 0.216 e. The van der Waals surface area contributed by atoms with Gasteiger partial charge in [0.05, 0.1) is 4.90 Å². The van der Waals surface area contributed by atoms with E-state index in [4.69, 9.17) is 0 Å². The summed E-state index contributed by atoms with van der Waals surface area (Å²) >= 11 is 0. The molecule has 0 aliphatic rings. The number of allylic oxidation sites excluding steroid dienone is 1. The molecule has 0 fully saturated rings. The van der Waals surface area contributed by atoms with Crippen LogP contribution in [0.25, 0.3) is 6.08 Å². The van der Waals surface area contributed by atoms with Crippen LogP contribution < -0.4 is 0 Å². The van der Waals surface area contributed by atoms with Gasteiger partial charge in [-0.05, 0) is 68.2 Å². The van der Waals surface area contributed by atoms with Crippen molar-refractivity contribution in [3.63, 3.8) is 0 Å². The second-order valence-corrected chi connectivity index (χ2v) is 7.65. The van der Waals surface area contributed by atoms with E-state index in [9.17, 15) is 13.7 Å². The Morgan fingerprint density at radius 1 is 0.957 bits per heavy atom. The predicted octanol–water partition coefficient (Wildman–Crippen LogP) is 4.26. The molecule has 0 aliphatic carbocycles. The van der Waals surface area contributed by atoms with Crippen molar-refractivity contribution in [2.45, 2.75) is 32.6 Å². The van der Waals surface area contributed by atoms with Gasteiger partial charge in [0.2, 0.25) is 9.84 Å². The van der Waals surface area contributed by atoms with E-state index < -0.39 is 9.84 Å². The standard InChI is InChI=1S/C19H19NO2S/c1-13-5-7-18(8-6-13)23(21,22)19(12-20)11-17-10-15(3)14(2)9-16(17)4/h5-11H,1-4H3/b19-11+. The first-order chi connectivity index (χ1) is 10.8. The number of nitrogens with zero attached hydrogens (tertiary/aromatic N) is 1. The number of rotatable bonds is 3. The molecule has 23 heavy (non-hydrogen) atoms. The molecule has 2 rings (SSSR count). The first-order valence-electron chi connectivity index (χ1n) is 7.27. The summed E-state index contributed by atoms with van der Waals surface area (Å²) in [5.41, 5.74) is 4.86. The van der Waals surface area contributed by atoms with Crippen molar-refractivity contribution in [2.24, 2.45) is 0 Å². The number of hydrogen-bond donors (Lipinski definition) is 0. The van der Waals surface area contributed by atoms with Crippen LogP contribution in [0.5, 0.6) is 0 Å². The quantitative estimate of drug-likeness (QED) is 0.792. The van der Waals surface area contributed by atoms with Crippen LogP contribution in [0.15, 0.2) is 46.2 Å². The molecule has 0 bridgehead atoms. The highest BCUT2D eigenvalue weighted by molar-refractivity contribution is 7.95. The van der Waals surface area contributed by atoms with Gasteiger partial charge < -0.3 is 0 Å². The summed E-state index contributed by atoms with van der Waals surface area (Å²) in [7, 11) is -3.81. The number of hydrogen-bond acceptors (Lipinski definition) is 3. The third-order valence-corrected chi connectivity index (χ3v) is 5.58. The monoisotopic (exact) mass is 325 g/mol. The van der Waals surface area contributed by atoms with Crippen molar-refractivity contribution in [3.05, 3.63) is 69.1 Å². The van der Waals surface area contributed by atoms with Crippen LogP contribution in [0, 0.1) is 39.0 Å². The highest BCUT2D eigenvalue weighted by atomic mass is 32.2. The Morgan fingerprint density at radius 3 is 2.09 bits per heavy atom. The topological polar surface area (TPSA) is 57.9 Å². The molecule has 0 saturated carbocycles. The lowest BCUT2D eigenvalue weighted by Gasteiger charge is -2.08. The molecule has 2 aromatic rings. The summed E-state index contributed by atoms with van der Waals surface area (Å²) in [5, 5.41) is 9.36. The Hall–Kier alpha value is -2.38. The minimum Gasteiger partial charge on any atom is -0.218 e. The van der Waals surface area contributed by atoms with E-state index in [0.29, 0.717) is 0 Å². The highest BCUT2D eigenvalue weighted by Crippen LogP contribution is 2.24. The molecule has 0 atom stereocenters. The zero-order chi connectivity index (χ0) is 17.2. The summed E-state index contributed by atoms with van der Waals surface area (Å²) in [4.78, 5) is -0.106. The van der Waals surface area contributed by atoms with Crippen molar-refractivity contribution >= 4 is 15.9 Å². The van der Waals surface area contributed by atoms with Crippen LogP contribution in [0.2, 0.25) is 0 Å². The summed E-state index contributed by atoms with van der Waals surface area (Å²) in [6.07, 6.45) is 1.46. The molecule has 0 radical (unpaired) electrons. The van der Waals surface area contributed by atoms with Crippen LogP contribution in [0.3, 0.4) is 0 Å². The number of sulfone groups is 1. The molecule has 0 heterocycles. The molecule has 4 heteroatoms. The molecule has 0 unspecified atom stereocenters. The minimum atomic E-state index is -3.81. The van der Waals surface area contributed by atoms with E-state index in [1.807, 2.05) is 45.9 Å². The SMILES string of the molecule is Cc1ccc(S(=O)(=O)/C(C#N)=C/c2cc(C)c(C)cc2C)cc1. The van der Waals surface area contributed by atoms with Gasteiger partial charge in [0.25, 0.3) is 0 Å². The number of aryl methyl sites for hydroxylation is 4. The van der Waals surface area contributed by atoms with Crippen LogP contribution in [-0.2, 0) is 9.84 Å². The van der Waals surface area contributed by atoms with Crippen LogP contribution in [-0.4, -0.2) is 8.42 Å². The van der Waals surface area contributed by atoms with Crippen LogP contribution >= 0.6 is 0 Å². The van der Waals surface area contributed by atoms with Gasteiger partial charge in [-0.1, -0.05) is 29.8 Å². The maximum absolute atomic E-state index is 12.7. The lowest BCUT2D eigenvalue weighted by Crippen LogP contribution is -2.04. The Morgan fingerprint density at radius 2 is 1.52 bits per heavy atom. The average Bonchev–Trinajstić information content (AvgIpc) is 2.49. The normalized spacial score (nSPS) is 12.0. The van der Waals surface area contributed by atoms with Crippen molar-refractivity contribution in [2.75, 3.05) is 0 Å². The number of nitriles is 1. The van der Waals surface area contributed by atoms with Gasteiger partial charge in [0.15, 0.2) is 0 Å². The lowest BCUT2D eigenvalue weighted by molar-refractivity contribution is 0.603. The van der Waals surface area contributed by atoms with Crippen molar-refractivity contribution in [1.29, 1.82) is 5.26 Å². The Bertz CT molecular complexity index is 915. The van der Waals surface area contributed by atoms with Crippen LogP contribution in [0.4, 0.5) is 0 Å². The van der Waals surface area contributed by atoms with Crippen molar-refractivity contribution in [3.8, 4) is 6.07 Å². The molecule has 0 aliphatic heterocycles. The molecule has 3 nitrogen and oxygen atoms in total. The molecular weight excluding hydrogens is 306 g/mol. The number of benzene rings is 2. The van der Waals surface area contributed by atoms with Crippen LogP contribution in [0.1, 0.15) is 27.8 Å². The van der Waals surface area contributed by atoms with Gasteiger partial charge in [-0.2, -0.15) is 5.26 Å². The summed E-state index contributed by atoms with van der Waals surface area (Å²) in [5.74, 6) is 0. The third-order valence-electron chi connectivity index (χ3n) is 3.90. The molecule has 0 amide bonds. The van der Waals surface area contributed by atoms with E-state index in [2.05, 4.69) is 0 Å². The van der Waals surface area contributed by atoms with E-state index in [1.165, 1.54) is 18.2 Å². The van der Waals surface area contributed by atoms with Gasteiger partial charge >= 0.3 is 0 Å². The Balaban J connectivity index is 2.57. The molecule has 0 spiro atoms. The minimum absolute atomic E-state index is 0.136. The predicted molar refractivity (Wildman–Crippen MR) is 92.6 cm³/mol. The summed E-state index contributed by atoms with van der Waals surface area (Å²) in [6.45, 7) is 7.76. The molecular formula is C19H19NO2S. The first kappa shape index (κ1) is 17.0. The summed E-state index contributed by atoms with van der Waals surface area (Å²) < 4.78 is 25.3. The van der Waals surface area contributed by atoms with Gasteiger partial charge in [0.1, 0.15) is 11.0 Å². The van der Waals surface area contributed by atoms with Gasteiger partial charge in [-0.25, -0.2) is 8.42 Å². The fraction of sp³-hybridized carbons (Fsp3) is 0.211. The zero-order valence-electron chi connectivity index (χ0n) is 13.7.